The van der Waals surface area contributed by atoms with Gasteiger partial charge in [0.1, 0.15) is 5.75 Å². The summed E-state index contributed by atoms with van der Waals surface area (Å²) in [6.45, 7) is 6.61. The minimum atomic E-state index is -0.256. The van der Waals surface area contributed by atoms with Crippen LogP contribution in [-0.4, -0.2) is 27.3 Å². The average molecular weight is 374 g/mol. The van der Waals surface area contributed by atoms with Gasteiger partial charge in [-0.05, 0) is 50.1 Å². The van der Waals surface area contributed by atoms with Crippen LogP contribution in [0.15, 0.2) is 48.5 Å². The number of amides is 1. The van der Waals surface area contributed by atoms with Crippen molar-refractivity contribution in [2.75, 3.05) is 11.9 Å². The van der Waals surface area contributed by atoms with Crippen molar-refractivity contribution in [1.82, 2.24) is 14.8 Å². The Bertz CT molecular complexity index is 1180. The second-order valence-corrected chi connectivity index (χ2v) is 6.82. The molecule has 0 radical (unpaired) electrons. The number of ether oxygens (including phenoxy) is 1. The highest BCUT2D eigenvalue weighted by Gasteiger charge is 2.15. The van der Waals surface area contributed by atoms with Crippen molar-refractivity contribution in [3.8, 4) is 5.75 Å². The Morgan fingerprint density at radius 1 is 1.14 bits per heavy atom. The molecular formula is C22H22N4O2. The van der Waals surface area contributed by atoms with Gasteiger partial charge in [0, 0.05) is 11.9 Å². The third-order valence-corrected chi connectivity index (χ3v) is 4.66. The number of aryl methyl sites for hydroxylation is 3. The lowest BCUT2D eigenvalue weighted by molar-refractivity contribution is -0.118. The molecule has 142 valence electrons. The first-order valence-electron chi connectivity index (χ1n) is 9.31. The molecule has 4 aromatic rings. The minimum absolute atomic E-state index is 0.0793. The van der Waals surface area contributed by atoms with Gasteiger partial charge in [-0.1, -0.05) is 30.3 Å². The van der Waals surface area contributed by atoms with E-state index in [2.05, 4.69) is 10.4 Å². The van der Waals surface area contributed by atoms with Crippen LogP contribution in [0.25, 0.3) is 21.9 Å². The van der Waals surface area contributed by atoms with Crippen LogP contribution in [0.5, 0.6) is 5.75 Å². The molecule has 0 atom stereocenters. The number of pyridine rings is 1. The van der Waals surface area contributed by atoms with Gasteiger partial charge in [0.2, 0.25) is 0 Å². The minimum Gasteiger partial charge on any atom is -0.484 e. The molecule has 1 amide bonds. The fraction of sp³-hybridized carbons (Fsp3) is 0.227. The van der Waals surface area contributed by atoms with Crippen LogP contribution < -0.4 is 10.1 Å². The van der Waals surface area contributed by atoms with Gasteiger partial charge in [-0.3, -0.25) is 4.79 Å². The summed E-state index contributed by atoms with van der Waals surface area (Å²) in [4.78, 5) is 17.2. The van der Waals surface area contributed by atoms with E-state index < -0.39 is 0 Å². The fourth-order valence-corrected chi connectivity index (χ4v) is 3.26. The van der Waals surface area contributed by atoms with Crippen molar-refractivity contribution in [3.63, 3.8) is 0 Å². The van der Waals surface area contributed by atoms with Crippen LogP contribution in [0.3, 0.4) is 0 Å². The first kappa shape index (κ1) is 18.0. The van der Waals surface area contributed by atoms with Gasteiger partial charge >= 0.3 is 0 Å². The summed E-state index contributed by atoms with van der Waals surface area (Å²) in [6, 6.07) is 15.7. The number of fused-ring (bicyclic) bond motifs is 2. The predicted molar refractivity (Wildman–Crippen MR) is 111 cm³/mol. The first-order chi connectivity index (χ1) is 13.5. The Hall–Kier alpha value is -3.41. The Balaban J connectivity index is 1.62. The molecule has 0 fully saturated rings. The molecule has 0 spiro atoms. The van der Waals surface area contributed by atoms with Crippen LogP contribution in [-0.2, 0) is 11.3 Å². The number of benzene rings is 2. The second kappa shape index (κ2) is 7.31. The van der Waals surface area contributed by atoms with Crippen LogP contribution >= 0.6 is 0 Å². The molecule has 0 aliphatic heterocycles. The number of rotatable bonds is 5. The smallest absolute Gasteiger partial charge is 0.263 e. The number of aromatic nitrogens is 3. The molecule has 2 aromatic carbocycles. The number of nitrogens with one attached hydrogen (secondary N) is 1. The molecule has 6 heteroatoms. The van der Waals surface area contributed by atoms with Crippen molar-refractivity contribution in [3.05, 3.63) is 59.7 Å². The van der Waals surface area contributed by atoms with E-state index in [0.29, 0.717) is 18.1 Å². The van der Waals surface area contributed by atoms with Crippen molar-refractivity contribution in [2.24, 2.45) is 0 Å². The van der Waals surface area contributed by atoms with Crippen LogP contribution in [0.4, 0.5) is 5.82 Å². The largest absolute Gasteiger partial charge is 0.484 e. The van der Waals surface area contributed by atoms with E-state index in [4.69, 9.17) is 9.72 Å². The molecule has 2 aromatic heterocycles. The predicted octanol–water partition coefficient (Wildman–Crippen LogP) is 4.24. The third kappa shape index (κ3) is 3.41. The second-order valence-electron chi connectivity index (χ2n) is 6.82. The Morgan fingerprint density at radius 3 is 2.75 bits per heavy atom. The SMILES string of the molecule is CCn1nc(NC(=O)COc2cccc(C)c2)c2cc3cccc(C)c3nc21. The monoisotopic (exact) mass is 374 g/mol. The Morgan fingerprint density at radius 2 is 1.96 bits per heavy atom. The van der Waals surface area contributed by atoms with Gasteiger partial charge in [0.05, 0.1) is 10.9 Å². The highest BCUT2D eigenvalue weighted by molar-refractivity contribution is 6.03. The number of anilines is 1. The number of hydrogen-bond acceptors (Lipinski definition) is 4. The topological polar surface area (TPSA) is 69.0 Å². The van der Waals surface area contributed by atoms with Crippen LogP contribution in [0.2, 0.25) is 0 Å². The maximum atomic E-state index is 12.4. The van der Waals surface area contributed by atoms with E-state index in [0.717, 1.165) is 33.1 Å². The zero-order valence-electron chi connectivity index (χ0n) is 16.2. The van der Waals surface area contributed by atoms with E-state index in [9.17, 15) is 4.79 Å². The van der Waals surface area contributed by atoms with E-state index in [1.54, 1.807) is 4.68 Å². The summed E-state index contributed by atoms with van der Waals surface area (Å²) in [6.07, 6.45) is 0. The first-order valence-corrected chi connectivity index (χ1v) is 9.31. The Kier molecular flexibility index (Phi) is 4.69. The third-order valence-electron chi connectivity index (χ3n) is 4.66. The van der Waals surface area contributed by atoms with Gasteiger partial charge in [-0.2, -0.15) is 5.10 Å². The van der Waals surface area contributed by atoms with Gasteiger partial charge in [0.15, 0.2) is 18.1 Å². The zero-order chi connectivity index (χ0) is 19.7. The quantitative estimate of drug-likeness (QED) is 0.567. The molecule has 0 aliphatic rings. The summed E-state index contributed by atoms with van der Waals surface area (Å²) in [5.41, 5.74) is 3.91. The summed E-state index contributed by atoms with van der Waals surface area (Å²) in [7, 11) is 0. The van der Waals surface area contributed by atoms with Crippen LogP contribution in [0.1, 0.15) is 18.1 Å². The van der Waals surface area contributed by atoms with Gasteiger partial charge in [-0.15, -0.1) is 0 Å². The lowest BCUT2D eigenvalue weighted by Crippen LogP contribution is -2.20. The highest BCUT2D eigenvalue weighted by Crippen LogP contribution is 2.27. The molecule has 6 nitrogen and oxygen atoms in total. The molecule has 2 heterocycles. The fourth-order valence-electron chi connectivity index (χ4n) is 3.26. The molecule has 0 bridgehead atoms. The summed E-state index contributed by atoms with van der Waals surface area (Å²) >= 11 is 0. The van der Waals surface area contributed by atoms with Crippen molar-refractivity contribution in [2.45, 2.75) is 27.3 Å². The molecule has 1 N–H and O–H groups in total. The lowest BCUT2D eigenvalue weighted by Gasteiger charge is -2.07. The van der Waals surface area contributed by atoms with Gasteiger partial charge in [-0.25, -0.2) is 9.67 Å². The number of nitrogens with zero attached hydrogens (tertiary/aromatic N) is 3. The molecule has 4 rings (SSSR count). The number of carbonyl (C=O) groups excluding carboxylic acids is 1. The normalized spacial score (nSPS) is 11.1. The van der Waals surface area contributed by atoms with E-state index in [1.165, 1.54) is 0 Å². The molecule has 0 saturated carbocycles. The van der Waals surface area contributed by atoms with Crippen molar-refractivity contribution >= 4 is 33.7 Å². The van der Waals surface area contributed by atoms with E-state index in [-0.39, 0.29) is 12.5 Å². The highest BCUT2D eigenvalue weighted by atomic mass is 16.5. The van der Waals surface area contributed by atoms with Crippen LogP contribution in [0, 0.1) is 13.8 Å². The Labute approximate surface area is 163 Å². The molecular weight excluding hydrogens is 352 g/mol. The maximum absolute atomic E-state index is 12.4. The summed E-state index contributed by atoms with van der Waals surface area (Å²) in [5, 5.41) is 9.25. The standard InChI is InChI=1S/C22H22N4O2/c1-4-26-22-18(12-16-9-6-8-15(3)20(16)24-22)21(25-26)23-19(27)13-28-17-10-5-7-14(2)11-17/h5-12H,4,13H2,1-3H3,(H,23,25,27). The zero-order valence-corrected chi connectivity index (χ0v) is 16.2. The van der Waals surface area contributed by atoms with Gasteiger partial charge in [0.25, 0.3) is 5.91 Å². The molecule has 0 aliphatic carbocycles. The summed E-state index contributed by atoms with van der Waals surface area (Å²) in [5.74, 6) is 0.918. The number of hydrogen-bond donors (Lipinski definition) is 1. The lowest BCUT2D eigenvalue weighted by atomic mass is 10.1. The van der Waals surface area contributed by atoms with E-state index >= 15 is 0 Å². The number of carbonyl (C=O) groups is 1. The number of para-hydroxylation sites is 1. The molecule has 28 heavy (non-hydrogen) atoms. The van der Waals surface area contributed by atoms with Crippen molar-refractivity contribution in [1.29, 1.82) is 0 Å². The summed E-state index contributed by atoms with van der Waals surface area (Å²) < 4.78 is 7.39. The van der Waals surface area contributed by atoms with E-state index in [1.807, 2.05) is 69.3 Å². The van der Waals surface area contributed by atoms with Gasteiger partial charge < -0.3 is 10.1 Å². The molecule has 0 saturated heterocycles. The van der Waals surface area contributed by atoms with Crippen molar-refractivity contribution < 1.29 is 9.53 Å². The molecule has 0 unspecified atom stereocenters. The average Bonchev–Trinajstić information content (AvgIpc) is 3.02. The maximum Gasteiger partial charge on any atom is 0.263 e.